The second-order valence-corrected chi connectivity index (χ2v) is 2.13. The molecule has 0 spiro atoms. The maximum atomic E-state index is 8.57. The third-order valence-electron chi connectivity index (χ3n) is 1.38. The molecule has 1 aliphatic rings. The predicted octanol–water partition coefficient (Wildman–Crippen LogP) is -0.833. The number of aliphatic imine (C=N–C) groups is 1. The van der Waals surface area contributed by atoms with Gasteiger partial charge in [0.25, 0.3) is 0 Å². The van der Waals surface area contributed by atoms with Gasteiger partial charge in [-0.3, -0.25) is 0 Å². The first-order chi connectivity index (χ1) is 6.76. The van der Waals surface area contributed by atoms with E-state index in [1.807, 2.05) is 0 Å². The van der Waals surface area contributed by atoms with Gasteiger partial charge in [0.15, 0.2) is 17.1 Å². The minimum Gasteiger partial charge on any atom is -0.334 e. The third-order valence-corrected chi connectivity index (χ3v) is 1.38. The first-order valence-electron chi connectivity index (χ1n) is 3.34. The normalized spacial score (nSPS) is 14.1. The van der Waals surface area contributed by atoms with Gasteiger partial charge in [0.2, 0.25) is 0 Å². The highest BCUT2D eigenvalue weighted by Crippen LogP contribution is 2.11. The Morgan fingerprint density at radius 1 is 1.07 bits per heavy atom. The summed E-state index contributed by atoms with van der Waals surface area (Å²) in [7, 11) is 0. The molecule has 1 aliphatic heterocycles. The Morgan fingerprint density at radius 3 is 2.21 bits per heavy atom. The van der Waals surface area contributed by atoms with Crippen LogP contribution in [-0.2, 0) is 0 Å². The number of allylic oxidation sites excluding steroid dienone is 3. The Morgan fingerprint density at radius 2 is 1.79 bits per heavy atom. The van der Waals surface area contributed by atoms with Crippen LogP contribution in [0.3, 0.4) is 0 Å². The lowest BCUT2D eigenvalue weighted by molar-refractivity contribution is 1.03. The van der Waals surface area contributed by atoms with E-state index >= 15 is 0 Å². The van der Waals surface area contributed by atoms with E-state index in [1.54, 1.807) is 24.1 Å². The average molecular weight is 181 g/mol. The van der Waals surface area contributed by atoms with Crippen molar-refractivity contribution in [2.45, 2.75) is 0 Å². The van der Waals surface area contributed by atoms with Crippen LogP contribution in [-0.4, -0.2) is 11.6 Å². The molecule has 0 atom stereocenters. The van der Waals surface area contributed by atoms with Crippen LogP contribution < -0.4 is 10.7 Å². The minimum atomic E-state index is -0.192. The van der Waals surface area contributed by atoms with Crippen molar-refractivity contribution in [3.63, 3.8) is 0 Å². The van der Waals surface area contributed by atoms with Gasteiger partial charge in [0, 0.05) is 5.87 Å². The first kappa shape index (κ1) is 9.22. The highest BCUT2D eigenvalue weighted by molar-refractivity contribution is 6.16. The highest BCUT2D eigenvalue weighted by Gasteiger charge is 2.18. The van der Waals surface area contributed by atoms with E-state index in [0.717, 1.165) is 0 Å². The topological polar surface area (TPSA) is 118 Å². The van der Waals surface area contributed by atoms with Crippen molar-refractivity contribution < 1.29 is 0 Å². The molecule has 0 bridgehead atoms. The number of nitrogens with one attached hydrogen (secondary N) is 1. The van der Waals surface area contributed by atoms with Crippen molar-refractivity contribution in [2.75, 3.05) is 0 Å². The predicted molar refractivity (Wildman–Crippen MR) is 45.1 cm³/mol. The van der Waals surface area contributed by atoms with E-state index in [-0.39, 0.29) is 22.8 Å². The molecule has 1 rings (SSSR count). The van der Waals surface area contributed by atoms with Gasteiger partial charge in [-0.1, -0.05) is 5.41 Å². The molecule has 1 heterocycles. The smallest absolute Gasteiger partial charge is 0.176 e. The van der Waals surface area contributed by atoms with E-state index in [2.05, 4.69) is 10.3 Å². The second-order valence-electron chi connectivity index (χ2n) is 2.13. The van der Waals surface area contributed by atoms with E-state index < -0.39 is 0 Å². The van der Waals surface area contributed by atoms with Gasteiger partial charge < -0.3 is 5.32 Å². The van der Waals surface area contributed by atoms with Gasteiger partial charge in [-0.15, -0.1) is 0 Å². The Bertz CT molecular complexity index is 510. The summed E-state index contributed by atoms with van der Waals surface area (Å²) in [5.74, 6) is 1.67. The van der Waals surface area contributed by atoms with Crippen LogP contribution in [0.4, 0.5) is 0 Å². The van der Waals surface area contributed by atoms with Crippen LogP contribution in [0.2, 0.25) is 0 Å². The minimum absolute atomic E-state index is 0.122. The number of rotatable bonds is 0. The second kappa shape index (κ2) is 3.69. The summed E-state index contributed by atoms with van der Waals surface area (Å²) in [6.07, 6.45) is 0. The molecule has 0 amide bonds. The summed E-state index contributed by atoms with van der Waals surface area (Å²) in [5.41, 5.74) is -0.628. The largest absolute Gasteiger partial charge is 0.334 e. The molecule has 0 saturated carbocycles. The molecule has 0 fully saturated rings. The number of nitriles is 3. The van der Waals surface area contributed by atoms with Crippen LogP contribution in [0.1, 0.15) is 0 Å². The van der Waals surface area contributed by atoms with Gasteiger partial charge >= 0.3 is 0 Å². The van der Waals surface area contributed by atoms with E-state index in [1.165, 1.54) is 0 Å². The van der Waals surface area contributed by atoms with Crippen LogP contribution >= 0.6 is 0 Å². The molecular weight excluding hydrogens is 180 g/mol. The summed E-state index contributed by atoms with van der Waals surface area (Å²) in [5, 5.41) is 36.6. The summed E-state index contributed by atoms with van der Waals surface area (Å²) >= 11 is 0. The Hall–Kier alpha value is -2.87. The lowest BCUT2D eigenvalue weighted by Gasteiger charge is -2.09. The molecule has 0 aromatic rings. The van der Waals surface area contributed by atoms with Crippen LogP contribution in [0.25, 0.3) is 0 Å². The average Bonchev–Trinajstić information content (AvgIpc) is 2.26. The fraction of sp³-hybridized carbons (Fsp3) is 0. The number of nitrogens with zero attached hydrogens (tertiary/aromatic N) is 5. The Kier molecular flexibility index (Phi) is 2.43. The SMILES string of the molecule is [N]=C=C1NC(C#N)=C(C#N)N=C1C#N. The van der Waals surface area contributed by atoms with Gasteiger partial charge in [0.05, 0.1) is 0 Å². The van der Waals surface area contributed by atoms with Gasteiger partial charge in [-0.25, -0.2) is 4.99 Å². The quantitative estimate of drug-likeness (QED) is 0.490. The lowest BCUT2D eigenvalue weighted by Crippen LogP contribution is -2.24. The Labute approximate surface area is 79.2 Å². The Balaban J connectivity index is 3.38. The van der Waals surface area contributed by atoms with Crippen molar-refractivity contribution in [1.82, 2.24) is 10.7 Å². The molecule has 1 N–H and O–H groups in total. The number of hydrogen-bond donors (Lipinski definition) is 1. The van der Waals surface area contributed by atoms with Crippen molar-refractivity contribution in [2.24, 2.45) is 4.99 Å². The number of hydrogen-bond acceptors (Lipinski definition) is 5. The molecule has 0 unspecified atom stereocenters. The molecular formula is C8HN6. The molecule has 0 aromatic carbocycles. The van der Waals surface area contributed by atoms with Gasteiger partial charge in [-0.2, -0.15) is 15.8 Å². The molecule has 63 valence electrons. The zero-order chi connectivity index (χ0) is 10.6. The first-order valence-corrected chi connectivity index (χ1v) is 3.34. The van der Waals surface area contributed by atoms with Crippen LogP contribution in [0, 0.1) is 34.0 Å². The maximum Gasteiger partial charge on any atom is 0.176 e. The van der Waals surface area contributed by atoms with Gasteiger partial charge in [-0.05, 0) is 0 Å². The fourth-order valence-electron chi connectivity index (χ4n) is 0.791. The van der Waals surface area contributed by atoms with Gasteiger partial charge in [0.1, 0.15) is 23.9 Å². The molecule has 6 heteroatoms. The molecule has 0 saturated heterocycles. The zero-order valence-electron chi connectivity index (χ0n) is 6.74. The molecule has 1 radical (unpaired) electrons. The maximum absolute atomic E-state index is 8.57. The van der Waals surface area contributed by atoms with Crippen LogP contribution in [0.15, 0.2) is 22.1 Å². The van der Waals surface area contributed by atoms with Crippen LogP contribution in [0.5, 0.6) is 0 Å². The van der Waals surface area contributed by atoms with E-state index in [0.29, 0.717) is 0 Å². The fourth-order valence-corrected chi connectivity index (χ4v) is 0.791. The summed E-state index contributed by atoms with van der Waals surface area (Å²) in [4.78, 5) is 3.55. The van der Waals surface area contributed by atoms with Crippen molar-refractivity contribution in [3.8, 4) is 18.2 Å². The highest BCUT2D eigenvalue weighted by atomic mass is 15.0. The monoisotopic (exact) mass is 181 g/mol. The summed E-state index contributed by atoms with van der Waals surface area (Å²) in [6.45, 7) is 0. The third kappa shape index (κ3) is 1.35. The molecule has 0 aliphatic carbocycles. The molecule has 14 heavy (non-hydrogen) atoms. The molecule has 6 nitrogen and oxygen atoms in total. The standard InChI is InChI=1S/C8HN6/c9-1-5-6(2-10)14-8(4-12)7(3-11)13-5/h13H. The van der Waals surface area contributed by atoms with Crippen molar-refractivity contribution in [1.29, 1.82) is 15.8 Å². The lowest BCUT2D eigenvalue weighted by atomic mass is 10.2. The van der Waals surface area contributed by atoms with E-state index in [9.17, 15) is 0 Å². The van der Waals surface area contributed by atoms with Crippen molar-refractivity contribution in [3.05, 3.63) is 17.1 Å². The molecule has 0 aromatic heterocycles. The van der Waals surface area contributed by atoms with Crippen molar-refractivity contribution >= 4 is 11.6 Å². The zero-order valence-corrected chi connectivity index (χ0v) is 6.74. The summed E-state index contributed by atoms with van der Waals surface area (Å²) in [6, 6.07) is 4.97. The van der Waals surface area contributed by atoms with E-state index in [4.69, 9.17) is 21.2 Å². The summed E-state index contributed by atoms with van der Waals surface area (Å²) < 4.78 is 0.